The summed E-state index contributed by atoms with van der Waals surface area (Å²) in [6.45, 7) is 3.27. The molecule has 1 N–H and O–H groups in total. The molecule has 6 nitrogen and oxygen atoms in total. The Labute approximate surface area is 131 Å². The number of carbonyl (C=O) groups excluding carboxylic acids is 1. The Hall–Kier alpha value is -3.09. The van der Waals surface area contributed by atoms with E-state index in [0.717, 1.165) is 0 Å². The predicted octanol–water partition coefficient (Wildman–Crippen LogP) is 3.20. The van der Waals surface area contributed by atoms with Crippen molar-refractivity contribution < 1.29 is 14.1 Å². The third-order valence-corrected chi connectivity index (χ3v) is 3.26. The monoisotopic (exact) mass is 315 g/mol. The molecular weight excluding hydrogens is 301 g/mol. The summed E-state index contributed by atoms with van der Waals surface area (Å²) in [5.74, 6) is -0.931. The van der Waals surface area contributed by atoms with Crippen molar-refractivity contribution in [1.82, 2.24) is 5.43 Å². The highest BCUT2D eigenvalue weighted by atomic mass is 19.1. The number of nitrogens with zero attached hydrogens (tertiary/aromatic N) is 2. The Balaban J connectivity index is 2.16. The summed E-state index contributed by atoms with van der Waals surface area (Å²) >= 11 is 0. The number of nitrogens with one attached hydrogen (secondary N) is 1. The maximum atomic E-state index is 12.8. The zero-order valence-electron chi connectivity index (χ0n) is 12.5. The van der Waals surface area contributed by atoms with Crippen LogP contribution in [0.5, 0.6) is 0 Å². The number of rotatable bonds is 4. The summed E-state index contributed by atoms with van der Waals surface area (Å²) in [4.78, 5) is 22.3. The standard InChI is InChI=1S/C16H14FN3O3/c1-10-3-4-13(9-15(10)20(22)23)11(2)18-19-16(21)12-5-7-14(17)8-6-12/h3-9H,1-2H3,(H,19,21). The number of hydrazone groups is 1. The third-order valence-electron chi connectivity index (χ3n) is 3.26. The molecule has 0 aliphatic heterocycles. The molecule has 0 saturated heterocycles. The van der Waals surface area contributed by atoms with E-state index in [1.807, 2.05) is 0 Å². The molecule has 7 heteroatoms. The second kappa shape index (κ2) is 6.78. The van der Waals surface area contributed by atoms with Crippen LogP contribution in [0.1, 0.15) is 28.4 Å². The number of benzene rings is 2. The molecule has 2 rings (SSSR count). The third kappa shape index (κ3) is 3.97. The van der Waals surface area contributed by atoms with E-state index < -0.39 is 16.6 Å². The van der Waals surface area contributed by atoms with Gasteiger partial charge in [0.2, 0.25) is 0 Å². The van der Waals surface area contributed by atoms with Crippen LogP contribution in [-0.2, 0) is 0 Å². The SMILES string of the molecule is CC(=NNC(=O)c1ccc(F)cc1)c1ccc(C)c([N+](=O)[O-])c1. The van der Waals surface area contributed by atoms with Gasteiger partial charge in [0.25, 0.3) is 11.6 Å². The second-order valence-corrected chi connectivity index (χ2v) is 4.90. The van der Waals surface area contributed by atoms with Crippen LogP contribution in [0.4, 0.5) is 10.1 Å². The lowest BCUT2D eigenvalue weighted by atomic mass is 10.1. The van der Waals surface area contributed by atoms with E-state index in [-0.39, 0.29) is 11.3 Å². The van der Waals surface area contributed by atoms with Gasteiger partial charge in [-0.2, -0.15) is 5.10 Å². The minimum atomic E-state index is -0.494. The Morgan fingerprint density at radius 3 is 2.39 bits per heavy atom. The van der Waals surface area contributed by atoms with Crippen LogP contribution in [-0.4, -0.2) is 16.5 Å². The van der Waals surface area contributed by atoms with Crippen molar-refractivity contribution in [3.63, 3.8) is 0 Å². The molecule has 2 aromatic rings. The van der Waals surface area contributed by atoms with Gasteiger partial charge in [0.05, 0.1) is 10.6 Å². The molecule has 0 unspecified atom stereocenters. The van der Waals surface area contributed by atoms with Crippen molar-refractivity contribution in [2.24, 2.45) is 5.10 Å². The van der Waals surface area contributed by atoms with Crippen LogP contribution < -0.4 is 5.43 Å². The van der Waals surface area contributed by atoms with E-state index in [4.69, 9.17) is 0 Å². The summed E-state index contributed by atoms with van der Waals surface area (Å²) in [6.07, 6.45) is 0. The molecule has 0 aliphatic rings. The zero-order chi connectivity index (χ0) is 17.0. The fourth-order valence-electron chi connectivity index (χ4n) is 1.90. The normalized spacial score (nSPS) is 11.2. The maximum Gasteiger partial charge on any atom is 0.272 e. The topological polar surface area (TPSA) is 84.6 Å². The van der Waals surface area contributed by atoms with Crippen molar-refractivity contribution >= 4 is 17.3 Å². The first-order valence-electron chi connectivity index (χ1n) is 6.74. The lowest BCUT2D eigenvalue weighted by Gasteiger charge is -2.04. The number of hydrogen-bond acceptors (Lipinski definition) is 4. The van der Waals surface area contributed by atoms with Gasteiger partial charge in [0, 0.05) is 22.8 Å². The lowest BCUT2D eigenvalue weighted by molar-refractivity contribution is -0.385. The average Bonchev–Trinajstić information content (AvgIpc) is 2.53. The Bertz CT molecular complexity index is 786. The Morgan fingerprint density at radius 2 is 1.78 bits per heavy atom. The molecule has 2 aromatic carbocycles. The van der Waals surface area contributed by atoms with Gasteiger partial charge in [-0.1, -0.05) is 12.1 Å². The van der Waals surface area contributed by atoms with E-state index >= 15 is 0 Å². The molecule has 0 atom stereocenters. The van der Waals surface area contributed by atoms with Gasteiger partial charge in [0.15, 0.2) is 0 Å². The zero-order valence-corrected chi connectivity index (χ0v) is 12.5. The smallest absolute Gasteiger partial charge is 0.267 e. The first-order chi connectivity index (χ1) is 10.9. The lowest BCUT2D eigenvalue weighted by Crippen LogP contribution is -2.19. The van der Waals surface area contributed by atoms with Crippen molar-refractivity contribution in [2.75, 3.05) is 0 Å². The molecule has 0 aromatic heterocycles. The van der Waals surface area contributed by atoms with Crippen LogP contribution >= 0.6 is 0 Å². The van der Waals surface area contributed by atoms with E-state index in [1.165, 1.54) is 30.3 Å². The summed E-state index contributed by atoms with van der Waals surface area (Å²) < 4.78 is 12.8. The summed E-state index contributed by atoms with van der Waals surface area (Å²) in [5.41, 5.74) is 4.08. The number of carbonyl (C=O) groups is 1. The van der Waals surface area contributed by atoms with Gasteiger partial charge in [0.1, 0.15) is 5.82 Å². The van der Waals surface area contributed by atoms with Gasteiger partial charge >= 0.3 is 0 Å². The largest absolute Gasteiger partial charge is 0.272 e. The van der Waals surface area contributed by atoms with Crippen molar-refractivity contribution in [3.05, 3.63) is 75.1 Å². The van der Waals surface area contributed by atoms with Crippen LogP contribution in [0.3, 0.4) is 0 Å². The second-order valence-electron chi connectivity index (χ2n) is 4.90. The van der Waals surface area contributed by atoms with E-state index in [2.05, 4.69) is 10.5 Å². The number of aryl methyl sites for hydroxylation is 1. The number of hydrogen-bond donors (Lipinski definition) is 1. The predicted molar refractivity (Wildman–Crippen MR) is 83.9 cm³/mol. The average molecular weight is 315 g/mol. The number of amides is 1. The number of halogens is 1. The summed E-state index contributed by atoms with van der Waals surface area (Å²) in [7, 11) is 0. The fourth-order valence-corrected chi connectivity index (χ4v) is 1.90. The highest BCUT2D eigenvalue weighted by Crippen LogP contribution is 2.19. The van der Waals surface area contributed by atoms with Gasteiger partial charge in [-0.3, -0.25) is 14.9 Å². The van der Waals surface area contributed by atoms with Crippen LogP contribution in [0.2, 0.25) is 0 Å². The van der Waals surface area contributed by atoms with Gasteiger partial charge < -0.3 is 0 Å². The Morgan fingerprint density at radius 1 is 1.17 bits per heavy atom. The minimum absolute atomic E-state index is 0.0121. The maximum absolute atomic E-state index is 12.8. The molecule has 0 bridgehead atoms. The molecule has 0 heterocycles. The van der Waals surface area contributed by atoms with Crippen LogP contribution in [0.15, 0.2) is 47.6 Å². The molecule has 0 spiro atoms. The fraction of sp³-hybridized carbons (Fsp3) is 0.125. The van der Waals surface area contributed by atoms with Crippen molar-refractivity contribution in [2.45, 2.75) is 13.8 Å². The highest BCUT2D eigenvalue weighted by Gasteiger charge is 2.12. The number of nitro groups is 1. The van der Waals surface area contributed by atoms with Crippen molar-refractivity contribution in [3.8, 4) is 0 Å². The highest BCUT2D eigenvalue weighted by molar-refractivity contribution is 6.01. The minimum Gasteiger partial charge on any atom is -0.267 e. The summed E-state index contributed by atoms with van der Waals surface area (Å²) in [6, 6.07) is 9.74. The van der Waals surface area contributed by atoms with Gasteiger partial charge in [-0.15, -0.1) is 0 Å². The van der Waals surface area contributed by atoms with E-state index in [9.17, 15) is 19.3 Å². The molecule has 0 saturated carbocycles. The quantitative estimate of drug-likeness (QED) is 0.534. The molecule has 118 valence electrons. The molecule has 0 fully saturated rings. The van der Waals surface area contributed by atoms with Crippen molar-refractivity contribution in [1.29, 1.82) is 0 Å². The first-order valence-corrected chi connectivity index (χ1v) is 6.74. The molecule has 0 radical (unpaired) electrons. The Kier molecular flexibility index (Phi) is 4.80. The van der Waals surface area contributed by atoms with E-state index in [0.29, 0.717) is 16.8 Å². The van der Waals surface area contributed by atoms with Gasteiger partial charge in [-0.25, -0.2) is 9.82 Å². The number of nitro benzene ring substituents is 1. The van der Waals surface area contributed by atoms with Gasteiger partial charge in [-0.05, 0) is 38.1 Å². The molecule has 23 heavy (non-hydrogen) atoms. The first kappa shape index (κ1) is 16.3. The van der Waals surface area contributed by atoms with E-state index in [1.54, 1.807) is 26.0 Å². The van der Waals surface area contributed by atoms with Crippen LogP contribution in [0.25, 0.3) is 0 Å². The molecule has 0 aliphatic carbocycles. The summed E-state index contributed by atoms with van der Waals surface area (Å²) in [5, 5.41) is 14.9. The molecular formula is C16H14FN3O3. The molecule has 1 amide bonds. The van der Waals surface area contributed by atoms with Crippen LogP contribution in [0, 0.1) is 22.9 Å².